The number of rotatable bonds is 10. The molecule has 2 aromatic rings. The van der Waals surface area contributed by atoms with Crippen LogP contribution in [0.5, 0.6) is 0 Å². The lowest BCUT2D eigenvalue weighted by molar-refractivity contribution is -0.138. The zero-order valence-corrected chi connectivity index (χ0v) is 19.6. The normalized spacial score (nSPS) is 12.8. The van der Waals surface area contributed by atoms with Gasteiger partial charge in [0.1, 0.15) is 6.04 Å². The lowest BCUT2D eigenvalue weighted by Crippen LogP contribution is -2.50. The second-order valence-electron chi connectivity index (χ2n) is 7.12. The Labute approximate surface area is 186 Å². The van der Waals surface area contributed by atoms with Crippen molar-refractivity contribution in [2.75, 3.05) is 5.75 Å². The summed E-state index contributed by atoms with van der Waals surface area (Å²) in [4.78, 5) is 27.4. The first-order chi connectivity index (χ1) is 13.9. The van der Waals surface area contributed by atoms with E-state index in [1.807, 2.05) is 68.4 Å². The summed E-state index contributed by atoms with van der Waals surface area (Å²) in [5, 5.41) is 2.99. The van der Waals surface area contributed by atoms with E-state index in [9.17, 15) is 9.59 Å². The van der Waals surface area contributed by atoms with E-state index in [2.05, 4.69) is 21.2 Å². The maximum absolute atomic E-state index is 13.0. The van der Waals surface area contributed by atoms with Crippen LogP contribution >= 0.6 is 27.7 Å². The fraction of sp³-hybridized carbons (Fsp3) is 0.391. The topological polar surface area (TPSA) is 49.4 Å². The van der Waals surface area contributed by atoms with Crippen molar-refractivity contribution in [2.45, 2.75) is 51.6 Å². The van der Waals surface area contributed by atoms with Crippen molar-refractivity contribution in [3.05, 3.63) is 70.2 Å². The Morgan fingerprint density at radius 2 is 1.69 bits per heavy atom. The largest absolute Gasteiger partial charge is 0.352 e. The number of amides is 2. The average molecular weight is 477 g/mol. The van der Waals surface area contributed by atoms with Gasteiger partial charge < -0.3 is 10.2 Å². The first-order valence-corrected chi connectivity index (χ1v) is 11.8. The fourth-order valence-electron chi connectivity index (χ4n) is 2.75. The number of nitrogens with one attached hydrogen (secondary N) is 1. The van der Waals surface area contributed by atoms with E-state index < -0.39 is 6.04 Å². The Kier molecular flexibility index (Phi) is 9.74. The number of nitrogens with zero attached hydrogens (tertiary/aromatic N) is 1. The molecule has 2 amide bonds. The van der Waals surface area contributed by atoms with Crippen LogP contribution in [0.15, 0.2) is 59.1 Å². The van der Waals surface area contributed by atoms with Gasteiger partial charge in [0.05, 0.1) is 5.75 Å². The van der Waals surface area contributed by atoms with Gasteiger partial charge in [0.25, 0.3) is 0 Å². The van der Waals surface area contributed by atoms with Gasteiger partial charge >= 0.3 is 0 Å². The standard InChI is InChI=1S/C23H29BrN2O2S/c1-4-17(2)25-23(28)18(3)26(14-19-8-6-5-7-9-19)22(27)16-29-15-20-10-12-21(24)13-11-20/h5-13,17-18H,4,14-16H2,1-3H3,(H,25,28)/t17-,18+/m1/s1. The van der Waals surface area contributed by atoms with Crippen LogP contribution < -0.4 is 5.32 Å². The van der Waals surface area contributed by atoms with Crippen molar-refractivity contribution in [1.82, 2.24) is 10.2 Å². The summed E-state index contributed by atoms with van der Waals surface area (Å²) in [5.41, 5.74) is 2.19. The van der Waals surface area contributed by atoms with Crippen molar-refractivity contribution < 1.29 is 9.59 Å². The second kappa shape index (κ2) is 12.0. The summed E-state index contributed by atoms with van der Waals surface area (Å²) in [7, 11) is 0. The van der Waals surface area contributed by atoms with Gasteiger partial charge in [-0.2, -0.15) is 0 Å². The van der Waals surface area contributed by atoms with Gasteiger partial charge in [-0.3, -0.25) is 9.59 Å². The third-order valence-corrected chi connectivity index (χ3v) is 6.29. The quantitative estimate of drug-likeness (QED) is 0.523. The van der Waals surface area contributed by atoms with Crippen LogP contribution in [0.2, 0.25) is 0 Å². The molecule has 0 fully saturated rings. The van der Waals surface area contributed by atoms with Crippen molar-refractivity contribution in [3.8, 4) is 0 Å². The van der Waals surface area contributed by atoms with Gasteiger partial charge in [0.15, 0.2) is 0 Å². The molecule has 0 saturated carbocycles. The first-order valence-electron chi connectivity index (χ1n) is 9.86. The molecule has 0 aliphatic rings. The first kappa shape index (κ1) is 23.5. The number of carbonyl (C=O) groups excluding carboxylic acids is 2. The van der Waals surface area contributed by atoms with Crippen molar-refractivity contribution in [1.29, 1.82) is 0 Å². The monoisotopic (exact) mass is 476 g/mol. The Morgan fingerprint density at radius 1 is 1.03 bits per heavy atom. The SMILES string of the molecule is CC[C@@H](C)NC(=O)[C@H](C)N(Cc1ccccc1)C(=O)CSCc1ccc(Br)cc1. The molecule has 0 aromatic heterocycles. The van der Waals surface area contributed by atoms with Crippen molar-refractivity contribution >= 4 is 39.5 Å². The summed E-state index contributed by atoms with van der Waals surface area (Å²) in [6, 6.07) is 17.5. The van der Waals surface area contributed by atoms with E-state index in [4.69, 9.17) is 0 Å². The number of carbonyl (C=O) groups is 2. The predicted molar refractivity (Wildman–Crippen MR) is 125 cm³/mol. The Hall–Kier alpha value is -1.79. The van der Waals surface area contributed by atoms with E-state index >= 15 is 0 Å². The van der Waals surface area contributed by atoms with E-state index in [-0.39, 0.29) is 17.9 Å². The smallest absolute Gasteiger partial charge is 0.242 e. The maximum Gasteiger partial charge on any atom is 0.242 e. The minimum atomic E-state index is -0.523. The molecule has 0 aliphatic carbocycles. The Bertz CT molecular complexity index is 783. The molecular weight excluding hydrogens is 448 g/mol. The van der Waals surface area contributed by atoms with Gasteiger partial charge in [0, 0.05) is 22.8 Å². The number of hydrogen-bond acceptors (Lipinski definition) is 3. The number of benzene rings is 2. The summed E-state index contributed by atoms with van der Waals surface area (Å²) >= 11 is 5.00. The summed E-state index contributed by atoms with van der Waals surface area (Å²) in [5.74, 6) is 0.958. The molecular formula is C23H29BrN2O2S. The third-order valence-electron chi connectivity index (χ3n) is 4.77. The van der Waals surface area contributed by atoms with Crippen LogP contribution in [-0.4, -0.2) is 34.6 Å². The maximum atomic E-state index is 13.0. The van der Waals surface area contributed by atoms with E-state index in [1.54, 1.807) is 23.6 Å². The highest BCUT2D eigenvalue weighted by molar-refractivity contribution is 9.10. The third kappa shape index (κ3) is 7.86. The lowest BCUT2D eigenvalue weighted by atomic mass is 10.1. The van der Waals surface area contributed by atoms with Crippen LogP contribution in [0.4, 0.5) is 0 Å². The number of thioether (sulfide) groups is 1. The molecule has 2 rings (SSSR count). The van der Waals surface area contributed by atoms with Gasteiger partial charge in [0.2, 0.25) is 11.8 Å². The molecule has 2 aromatic carbocycles. The average Bonchev–Trinajstić information content (AvgIpc) is 2.73. The van der Waals surface area contributed by atoms with Gasteiger partial charge in [-0.25, -0.2) is 0 Å². The predicted octanol–water partition coefficient (Wildman–Crippen LogP) is 5.01. The van der Waals surface area contributed by atoms with Crippen molar-refractivity contribution in [3.63, 3.8) is 0 Å². The van der Waals surface area contributed by atoms with Crippen LogP contribution in [0.25, 0.3) is 0 Å². The minimum Gasteiger partial charge on any atom is -0.352 e. The minimum absolute atomic E-state index is 0.0252. The molecule has 2 atom stereocenters. The highest BCUT2D eigenvalue weighted by Gasteiger charge is 2.26. The molecule has 0 bridgehead atoms. The van der Waals surface area contributed by atoms with Crippen LogP contribution in [0, 0.1) is 0 Å². The molecule has 1 N–H and O–H groups in total. The highest BCUT2D eigenvalue weighted by atomic mass is 79.9. The van der Waals surface area contributed by atoms with E-state index in [0.29, 0.717) is 12.3 Å². The Balaban J connectivity index is 2.03. The molecule has 0 radical (unpaired) electrons. The van der Waals surface area contributed by atoms with E-state index in [0.717, 1.165) is 22.2 Å². The molecule has 0 saturated heterocycles. The summed E-state index contributed by atoms with van der Waals surface area (Å²) in [6.07, 6.45) is 0.855. The molecule has 29 heavy (non-hydrogen) atoms. The molecule has 4 nitrogen and oxygen atoms in total. The zero-order valence-electron chi connectivity index (χ0n) is 17.2. The number of hydrogen-bond donors (Lipinski definition) is 1. The van der Waals surface area contributed by atoms with Crippen LogP contribution in [-0.2, 0) is 21.9 Å². The zero-order chi connectivity index (χ0) is 21.2. The molecule has 0 aliphatic heterocycles. The van der Waals surface area contributed by atoms with Crippen LogP contribution in [0.1, 0.15) is 38.3 Å². The van der Waals surface area contributed by atoms with Gasteiger partial charge in [-0.1, -0.05) is 65.3 Å². The van der Waals surface area contributed by atoms with E-state index in [1.165, 1.54) is 5.56 Å². The fourth-order valence-corrected chi connectivity index (χ4v) is 3.88. The molecule has 0 heterocycles. The lowest BCUT2D eigenvalue weighted by Gasteiger charge is -2.29. The summed E-state index contributed by atoms with van der Waals surface area (Å²) < 4.78 is 1.04. The Morgan fingerprint density at radius 3 is 2.31 bits per heavy atom. The molecule has 0 spiro atoms. The van der Waals surface area contributed by atoms with Gasteiger partial charge in [-0.15, -0.1) is 11.8 Å². The molecule has 0 unspecified atom stereocenters. The van der Waals surface area contributed by atoms with Crippen LogP contribution in [0.3, 0.4) is 0 Å². The highest BCUT2D eigenvalue weighted by Crippen LogP contribution is 2.18. The second-order valence-corrected chi connectivity index (χ2v) is 9.02. The molecule has 156 valence electrons. The van der Waals surface area contributed by atoms with Gasteiger partial charge in [-0.05, 0) is 43.5 Å². The van der Waals surface area contributed by atoms with Crippen molar-refractivity contribution in [2.24, 2.45) is 0 Å². The number of halogens is 1. The summed E-state index contributed by atoms with van der Waals surface area (Å²) in [6.45, 7) is 6.23. The molecule has 6 heteroatoms.